The average Bonchev–Trinajstić information content (AvgIpc) is 3.01. The first kappa shape index (κ1) is 11.8. The Balaban J connectivity index is 1.69. The molecule has 0 amide bonds. The van der Waals surface area contributed by atoms with Gasteiger partial charge in [0, 0.05) is 42.7 Å². The lowest BCUT2D eigenvalue weighted by atomic mass is 9.95. The van der Waals surface area contributed by atoms with Crippen molar-refractivity contribution in [1.29, 1.82) is 0 Å². The van der Waals surface area contributed by atoms with Crippen molar-refractivity contribution < 1.29 is 0 Å². The molecule has 0 unspecified atom stereocenters. The molecule has 1 fully saturated rings. The molecular formula is C14H17N3S. The van der Waals surface area contributed by atoms with Crippen LogP contribution in [-0.2, 0) is 6.54 Å². The van der Waals surface area contributed by atoms with Crippen molar-refractivity contribution in [2.45, 2.75) is 18.5 Å². The van der Waals surface area contributed by atoms with Crippen LogP contribution >= 0.6 is 11.3 Å². The largest absolute Gasteiger partial charge is 0.326 e. The minimum absolute atomic E-state index is 0.236. The van der Waals surface area contributed by atoms with Crippen molar-refractivity contribution in [2.24, 2.45) is 5.73 Å². The minimum Gasteiger partial charge on any atom is -0.326 e. The van der Waals surface area contributed by atoms with Crippen LogP contribution in [0.5, 0.6) is 0 Å². The van der Waals surface area contributed by atoms with Crippen LogP contribution in [0.3, 0.4) is 0 Å². The maximum atomic E-state index is 6.28. The van der Waals surface area contributed by atoms with E-state index in [1.165, 1.54) is 10.4 Å². The lowest BCUT2D eigenvalue weighted by Gasteiger charge is -2.15. The number of hydrogen-bond donors (Lipinski definition) is 1. The molecule has 1 aliphatic heterocycles. The second-order valence-electron chi connectivity index (χ2n) is 4.84. The first-order chi connectivity index (χ1) is 8.83. The lowest BCUT2D eigenvalue weighted by molar-refractivity contribution is 0.326. The zero-order chi connectivity index (χ0) is 12.4. The van der Waals surface area contributed by atoms with E-state index in [9.17, 15) is 0 Å². The van der Waals surface area contributed by atoms with Gasteiger partial charge in [0.05, 0.1) is 5.51 Å². The van der Waals surface area contributed by atoms with Gasteiger partial charge in [0.15, 0.2) is 0 Å². The van der Waals surface area contributed by atoms with Gasteiger partial charge in [-0.3, -0.25) is 9.88 Å². The van der Waals surface area contributed by atoms with E-state index < -0.39 is 0 Å². The van der Waals surface area contributed by atoms with Gasteiger partial charge in [-0.15, -0.1) is 11.3 Å². The summed E-state index contributed by atoms with van der Waals surface area (Å²) in [5.41, 5.74) is 9.52. The van der Waals surface area contributed by atoms with Gasteiger partial charge in [-0.2, -0.15) is 0 Å². The first-order valence-electron chi connectivity index (χ1n) is 6.23. The summed E-state index contributed by atoms with van der Waals surface area (Å²) in [6.45, 7) is 2.99. The average molecular weight is 259 g/mol. The number of nitrogens with two attached hydrogens (primary N) is 1. The normalized spacial score (nSPS) is 24.5. The highest BCUT2D eigenvalue weighted by Gasteiger charge is 2.31. The molecule has 94 valence electrons. The second kappa shape index (κ2) is 5.18. The van der Waals surface area contributed by atoms with Crippen LogP contribution in [-0.4, -0.2) is 29.0 Å². The van der Waals surface area contributed by atoms with E-state index in [0.29, 0.717) is 5.92 Å². The van der Waals surface area contributed by atoms with Crippen LogP contribution < -0.4 is 5.73 Å². The molecule has 3 nitrogen and oxygen atoms in total. The maximum Gasteiger partial charge on any atom is 0.0794 e. The SMILES string of the molecule is N[C@@H]1CN(Cc2cncs2)C[C@H]1c1ccccc1. The molecule has 3 rings (SSSR count). The molecule has 2 N–H and O–H groups in total. The number of rotatable bonds is 3. The molecule has 4 heteroatoms. The molecule has 1 saturated heterocycles. The molecule has 0 aliphatic carbocycles. The summed E-state index contributed by atoms with van der Waals surface area (Å²) in [7, 11) is 0. The molecule has 1 aromatic carbocycles. The maximum absolute atomic E-state index is 6.28. The van der Waals surface area contributed by atoms with Crippen LogP contribution in [0, 0.1) is 0 Å². The number of nitrogens with zero attached hydrogens (tertiary/aromatic N) is 2. The highest BCUT2D eigenvalue weighted by atomic mass is 32.1. The summed E-state index contributed by atoms with van der Waals surface area (Å²) >= 11 is 1.71. The van der Waals surface area contributed by atoms with Gasteiger partial charge >= 0.3 is 0 Å². The predicted octanol–water partition coefficient (Wildman–Crippen LogP) is 2.07. The van der Waals surface area contributed by atoms with Gasteiger partial charge in [0.2, 0.25) is 0 Å². The molecule has 18 heavy (non-hydrogen) atoms. The third-order valence-corrected chi connectivity index (χ3v) is 4.30. The molecule has 0 saturated carbocycles. The van der Waals surface area contributed by atoms with Crippen LogP contribution in [0.25, 0.3) is 0 Å². The Hall–Kier alpha value is -1.23. The van der Waals surface area contributed by atoms with Gasteiger partial charge in [-0.05, 0) is 5.56 Å². The zero-order valence-electron chi connectivity index (χ0n) is 10.2. The molecule has 2 aromatic rings. The van der Waals surface area contributed by atoms with Crippen LogP contribution in [0.1, 0.15) is 16.4 Å². The fourth-order valence-corrected chi connectivity index (χ4v) is 3.27. The van der Waals surface area contributed by atoms with E-state index in [4.69, 9.17) is 5.73 Å². The fourth-order valence-electron chi connectivity index (χ4n) is 2.64. The topological polar surface area (TPSA) is 42.1 Å². The Labute approximate surface area is 111 Å². The Morgan fingerprint density at radius 3 is 2.83 bits per heavy atom. The summed E-state index contributed by atoms with van der Waals surface area (Å²) in [5, 5.41) is 0. The van der Waals surface area contributed by atoms with Crippen LogP contribution in [0.2, 0.25) is 0 Å². The van der Waals surface area contributed by atoms with Crippen LogP contribution in [0.4, 0.5) is 0 Å². The monoisotopic (exact) mass is 259 g/mol. The second-order valence-corrected chi connectivity index (χ2v) is 5.81. The van der Waals surface area contributed by atoms with Crippen LogP contribution in [0.15, 0.2) is 42.0 Å². The van der Waals surface area contributed by atoms with Gasteiger partial charge in [-0.25, -0.2) is 0 Å². The Bertz CT molecular complexity index is 483. The number of benzene rings is 1. The molecule has 0 bridgehead atoms. The smallest absolute Gasteiger partial charge is 0.0794 e. The Kier molecular flexibility index (Phi) is 3.41. The molecule has 1 aliphatic rings. The Morgan fingerprint density at radius 1 is 1.28 bits per heavy atom. The Morgan fingerprint density at radius 2 is 2.11 bits per heavy atom. The van der Waals surface area contributed by atoms with E-state index in [2.05, 4.69) is 40.2 Å². The van der Waals surface area contributed by atoms with Gasteiger partial charge in [0.25, 0.3) is 0 Å². The van der Waals surface area contributed by atoms with Crippen molar-refractivity contribution in [3.05, 3.63) is 52.5 Å². The van der Waals surface area contributed by atoms with Crippen molar-refractivity contribution >= 4 is 11.3 Å². The molecule has 2 atom stereocenters. The van der Waals surface area contributed by atoms with E-state index in [0.717, 1.165) is 19.6 Å². The summed E-state index contributed by atoms with van der Waals surface area (Å²) in [5.74, 6) is 0.458. The molecule has 0 radical (unpaired) electrons. The molecular weight excluding hydrogens is 242 g/mol. The van der Waals surface area contributed by atoms with Crippen molar-refractivity contribution in [3.8, 4) is 0 Å². The number of likely N-dealkylation sites (tertiary alicyclic amines) is 1. The molecule has 1 aromatic heterocycles. The fraction of sp³-hybridized carbons (Fsp3) is 0.357. The van der Waals surface area contributed by atoms with Crippen molar-refractivity contribution in [2.75, 3.05) is 13.1 Å². The summed E-state index contributed by atoms with van der Waals surface area (Å²) in [6.07, 6.45) is 1.95. The lowest BCUT2D eigenvalue weighted by Crippen LogP contribution is -2.28. The zero-order valence-corrected chi connectivity index (χ0v) is 11.0. The van der Waals surface area contributed by atoms with E-state index in [-0.39, 0.29) is 6.04 Å². The third-order valence-electron chi connectivity index (χ3n) is 3.53. The van der Waals surface area contributed by atoms with Crippen molar-refractivity contribution in [3.63, 3.8) is 0 Å². The number of aromatic nitrogens is 1. The highest BCUT2D eigenvalue weighted by molar-refractivity contribution is 7.09. The van der Waals surface area contributed by atoms with Gasteiger partial charge in [0.1, 0.15) is 0 Å². The number of thiazole rings is 1. The van der Waals surface area contributed by atoms with E-state index in [1.807, 2.05) is 11.7 Å². The van der Waals surface area contributed by atoms with E-state index in [1.54, 1.807) is 11.3 Å². The predicted molar refractivity (Wildman–Crippen MR) is 74.5 cm³/mol. The molecule has 2 heterocycles. The summed E-state index contributed by atoms with van der Waals surface area (Å²) in [4.78, 5) is 7.86. The minimum atomic E-state index is 0.236. The standard InChI is InChI=1S/C14H17N3S/c15-14-9-17(7-12-6-16-10-18-12)8-13(14)11-4-2-1-3-5-11/h1-6,10,13-14H,7-9,15H2/t13-,14+/m0/s1. The van der Waals surface area contributed by atoms with E-state index >= 15 is 0 Å². The first-order valence-corrected chi connectivity index (χ1v) is 7.11. The molecule has 0 spiro atoms. The van der Waals surface area contributed by atoms with Gasteiger partial charge < -0.3 is 5.73 Å². The van der Waals surface area contributed by atoms with Crippen molar-refractivity contribution in [1.82, 2.24) is 9.88 Å². The third kappa shape index (κ3) is 2.46. The van der Waals surface area contributed by atoms with Gasteiger partial charge in [-0.1, -0.05) is 30.3 Å². The summed E-state index contributed by atoms with van der Waals surface area (Å²) in [6, 6.07) is 10.8. The highest BCUT2D eigenvalue weighted by Crippen LogP contribution is 2.27. The quantitative estimate of drug-likeness (QED) is 0.917. The number of hydrogen-bond acceptors (Lipinski definition) is 4. The summed E-state index contributed by atoms with van der Waals surface area (Å²) < 4.78 is 0.